The molecule has 0 radical (unpaired) electrons. The number of ether oxygens (including phenoxy) is 1. The first-order chi connectivity index (χ1) is 10.2. The Morgan fingerprint density at radius 3 is 3.10 bits per heavy atom. The molecule has 1 saturated heterocycles. The number of guanidine groups is 1. The molecule has 118 valence electrons. The molecule has 6 heteroatoms. The minimum Gasteiger partial charge on any atom is -0.384 e. The second-order valence-electron chi connectivity index (χ2n) is 5.25. The first-order valence-electron chi connectivity index (χ1n) is 7.49. The molecule has 1 aromatic heterocycles. The standard InChI is InChI=1S/C15H24IN3OS/c1-3-17-15(19-9-7-12(10-19)11-20-2)18-8-6-13-4-5-14(16)21-13/h4-5,12H,3,6-11H2,1-2H3,(H,17,18). The van der Waals surface area contributed by atoms with E-state index in [-0.39, 0.29) is 0 Å². The Bertz CT molecular complexity index is 464. The molecule has 1 unspecified atom stereocenters. The summed E-state index contributed by atoms with van der Waals surface area (Å²) in [6, 6.07) is 4.38. The van der Waals surface area contributed by atoms with E-state index in [1.807, 2.05) is 11.3 Å². The van der Waals surface area contributed by atoms with Crippen LogP contribution in [-0.4, -0.2) is 50.8 Å². The highest BCUT2D eigenvalue weighted by molar-refractivity contribution is 14.1. The summed E-state index contributed by atoms with van der Waals surface area (Å²) in [5.74, 6) is 1.69. The Balaban J connectivity index is 1.87. The van der Waals surface area contributed by atoms with Gasteiger partial charge in [0.25, 0.3) is 0 Å². The van der Waals surface area contributed by atoms with Gasteiger partial charge in [0.05, 0.1) is 9.49 Å². The van der Waals surface area contributed by atoms with Gasteiger partial charge in [0.2, 0.25) is 0 Å². The summed E-state index contributed by atoms with van der Waals surface area (Å²) in [6.45, 7) is 6.88. The minimum absolute atomic E-state index is 0.637. The fourth-order valence-electron chi connectivity index (χ4n) is 2.58. The molecular formula is C15H24IN3OS. The second kappa shape index (κ2) is 8.95. The number of nitrogens with zero attached hydrogens (tertiary/aromatic N) is 2. The van der Waals surface area contributed by atoms with Gasteiger partial charge in [0.1, 0.15) is 0 Å². The maximum atomic E-state index is 5.27. The Kier molecular flexibility index (Phi) is 7.25. The molecule has 2 rings (SSSR count). The molecule has 1 fully saturated rings. The Labute approximate surface area is 145 Å². The van der Waals surface area contributed by atoms with Crippen LogP contribution in [0, 0.1) is 8.80 Å². The maximum Gasteiger partial charge on any atom is 0.193 e. The third-order valence-electron chi connectivity index (χ3n) is 3.57. The van der Waals surface area contributed by atoms with E-state index < -0.39 is 0 Å². The van der Waals surface area contributed by atoms with Crippen molar-refractivity contribution in [3.05, 3.63) is 19.9 Å². The largest absolute Gasteiger partial charge is 0.384 e. The molecule has 0 bridgehead atoms. The van der Waals surface area contributed by atoms with Crippen LogP contribution in [0.3, 0.4) is 0 Å². The highest BCUT2D eigenvalue weighted by atomic mass is 127. The summed E-state index contributed by atoms with van der Waals surface area (Å²) >= 11 is 4.23. The third kappa shape index (κ3) is 5.41. The Morgan fingerprint density at radius 1 is 1.57 bits per heavy atom. The highest BCUT2D eigenvalue weighted by Gasteiger charge is 2.24. The van der Waals surface area contributed by atoms with Crippen molar-refractivity contribution in [1.29, 1.82) is 0 Å². The molecule has 1 aliphatic rings. The molecule has 0 saturated carbocycles. The summed E-state index contributed by atoms with van der Waals surface area (Å²) < 4.78 is 6.62. The van der Waals surface area contributed by atoms with Gasteiger partial charge in [-0.1, -0.05) is 0 Å². The SMILES string of the molecule is CCNC(=NCCc1ccc(I)s1)N1CCC(COC)C1. The first kappa shape index (κ1) is 17.0. The minimum atomic E-state index is 0.637. The zero-order valence-corrected chi connectivity index (χ0v) is 15.7. The molecule has 0 aliphatic carbocycles. The van der Waals surface area contributed by atoms with Gasteiger partial charge in [0, 0.05) is 50.5 Å². The molecule has 1 N–H and O–H groups in total. The number of hydrogen-bond acceptors (Lipinski definition) is 3. The summed E-state index contributed by atoms with van der Waals surface area (Å²) in [6.07, 6.45) is 2.22. The van der Waals surface area contributed by atoms with E-state index >= 15 is 0 Å². The van der Waals surface area contributed by atoms with E-state index in [4.69, 9.17) is 9.73 Å². The van der Waals surface area contributed by atoms with Crippen LogP contribution in [0.5, 0.6) is 0 Å². The van der Waals surface area contributed by atoms with Crippen molar-refractivity contribution in [2.75, 3.05) is 39.9 Å². The van der Waals surface area contributed by atoms with Gasteiger partial charge >= 0.3 is 0 Å². The van der Waals surface area contributed by atoms with E-state index in [2.05, 4.69) is 51.9 Å². The van der Waals surface area contributed by atoms with E-state index in [1.165, 1.54) is 14.2 Å². The summed E-state index contributed by atoms with van der Waals surface area (Å²) in [5, 5.41) is 3.42. The van der Waals surface area contributed by atoms with Gasteiger partial charge in [-0.15, -0.1) is 11.3 Å². The lowest BCUT2D eigenvalue weighted by Crippen LogP contribution is -2.40. The molecule has 0 aromatic carbocycles. The Hall–Kier alpha value is -0.340. The monoisotopic (exact) mass is 421 g/mol. The molecule has 2 heterocycles. The zero-order chi connectivity index (χ0) is 15.1. The smallest absolute Gasteiger partial charge is 0.193 e. The summed E-state index contributed by atoms with van der Waals surface area (Å²) in [5.41, 5.74) is 0. The van der Waals surface area contributed by atoms with Crippen LogP contribution in [0.1, 0.15) is 18.2 Å². The van der Waals surface area contributed by atoms with Crippen molar-refractivity contribution in [3.63, 3.8) is 0 Å². The number of methoxy groups -OCH3 is 1. The molecule has 1 atom stereocenters. The van der Waals surface area contributed by atoms with Crippen LogP contribution in [0.15, 0.2) is 17.1 Å². The van der Waals surface area contributed by atoms with Crippen LogP contribution in [0.2, 0.25) is 0 Å². The highest BCUT2D eigenvalue weighted by Crippen LogP contribution is 2.19. The fourth-order valence-corrected chi connectivity index (χ4v) is 4.32. The molecule has 0 amide bonds. The van der Waals surface area contributed by atoms with Gasteiger partial charge in [-0.25, -0.2) is 0 Å². The van der Waals surface area contributed by atoms with Crippen LogP contribution >= 0.6 is 33.9 Å². The number of likely N-dealkylation sites (tertiary alicyclic amines) is 1. The van der Waals surface area contributed by atoms with Crippen LogP contribution < -0.4 is 5.32 Å². The van der Waals surface area contributed by atoms with Gasteiger partial charge in [-0.05, 0) is 48.1 Å². The zero-order valence-electron chi connectivity index (χ0n) is 12.8. The van der Waals surface area contributed by atoms with Crippen molar-refractivity contribution in [1.82, 2.24) is 10.2 Å². The van der Waals surface area contributed by atoms with Crippen molar-refractivity contribution in [2.24, 2.45) is 10.9 Å². The summed E-state index contributed by atoms with van der Waals surface area (Å²) in [4.78, 5) is 8.57. The number of hydrogen-bond donors (Lipinski definition) is 1. The van der Waals surface area contributed by atoms with E-state index in [1.54, 1.807) is 7.11 Å². The van der Waals surface area contributed by atoms with Crippen LogP contribution in [-0.2, 0) is 11.2 Å². The van der Waals surface area contributed by atoms with Crippen LogP contribution in [0.4, 0.5) is 0 Å². The number of thiophene rings is 1. The van der Waals surface area contributed by atoms with Crippen molar-refractivity contribution >= 4 is 39.9 Å². The molecule has 21 heavy (non-hydrogen) atoms. The molecule has 1 aromatic rings. The normalized spacial score (nSPS) is 19.3. The topological polar surface area (TPSA) is 36.9 Å². The lowest BCUT2D eigenvalue weighted by molar-refractivity contribution is 0.157. The van der Waals surface area contributed by atoms with Crippen molar-refractivity contribution in [3.8, 4) is 0 Å². The molecular weight excluding hydrogens is 397 g/mol. The number of aliphatic imine (C=N–C) groups is 1. The molecule has 0 spiro atoms. The lowest BCUT2D eigenvalue weighted by atomic mass is 10.1. The van der Waals surface area contributed by atoms with E-state index in [0.29, 0.717) is 5.92 Å². The maximum absolute atomic E-state index is 5.27. The van der Waals surface area contributed by atoms with Gasteiger partial charge in [-0.2, -0.15) is 0 Å². The first-order valence-corrected chi connectivity index (χ1v) is 9.38. The van der Waals surface area contributed by atoms with Crippen LogP contribution in [0.25, 0.3) is 0 Å². The van der Waals surface area contributed by atoms with Crippen molar-refractivity contribution in [2.45, 2.75) is 19.8 Å². The number of halogens is 1. The van der Waals surface area contributed by atoms with E-state index in [0.717, 1.165) is 45.2 Å². The Morgan fingerprint density at radius 2 is 2.43 bits per heavy atom. The second-order valence-corrected chi connectivity index (χ2v) is 8.31. The number of rotatable bonds is 6. The summed E-state index contributed by atoms with van der Waals surface area (Å²) in [7, 11) is 1.78. The van der Waals surface area contributed by atoms with Gasteiger partial charge in [-0.3, -0.25) is 4.99 Å². The lowest BCUT2D eigenvalue weighted by Gasteiger charge is -2.21. The predicted molar refractivity (Wildman–Crippen MR) is 98.3 cm³/mol. The third-order valence-corrected chi connectivity index (χ3v) is 5.52. The average molecular weight is 421 g/mol. The van der Waals surface area contributed by atoms with Gasteiger partial charge < -0.3 is 15.0 Å². The van der Waals surface area contributed by atoms with Crippen molar-refractivity contribution < 1.29 is 4.74 Å². The van der Waals surface area contributed by atoms with Gasteiger partial charge in [0.15, 0.2) is 5.96 Å². The predicted octanol–water partition coefficient (Wildman–Crippen LogP) is 2.83. The molecule has 1 aliphatic heterocycles. The molecule has 4 nitrogen and oxygen atoms in total. The van der Waals surface area contributed by atoms with E-state index in [9.17, 15) is 0 Å². The fraction of sp³-hybridized carbons (Fsp3) is 0.667. The quantitative estimate of drug-likeness (QED) is 0.436. The number of nitrogens with one attached hydrogen (secondary N) is 1. The average Bonchev–Trinajstić information content (AvgIpc) is 3.08.